The number of amides is 1. The van der Waals surface area contributed by atoms with Gasteiger partial charge in [-0.1, -0.05) is 0 Å². The maximum atomic E-state index is 12.4. The molecule has 1 amide bonds. The van der Waals surface area contributed by atoms with Gasteiger partial charge in [0.25, 0.3) is 11.5 Å². The third-order valence-corrected chi connectivity index (χ3v) is 4.86. The second kappa shape index (κ2) is 8.24. The minimum atomic E-state index is -0.715. The number of hydrogen-bond acceptors (Lipinski definition) is 6. The SMILES string of the molecule is CC(C)(C)OC(=O)C1CC(O)C(CNC(=O)c2ccc(-c3ccco3)[nH]c2=O)C1. The first kappa shape index (κ1) is 20.9. The maximum absolute atomic E-state index is 12.4. The molecule has 1 aliphatic carbocycles. The Balaban J connectivity index is 1.58. The summed E-state index contributed by atoms with van der Waals surface area (Å²) >= 11 is 0. The minimum Gasteiger partial charge on any atom is -0.463 e. The van der Waals surface area contributed by atoms with Crippen LogP contribution in [0.15, 0.2) is 39.7 Å². The molecule has 156 valence electrons. The van der Waals surface area contributed by atoms with E-state index in [4.69, 9.17) is 9.15 Å². The number of aliphatic hydroxyl groups is 1. The van der Waals surface area contributed by atoms with E-state index in [1.54, 1.807) is 39.0 Å². The van der Waals surface area contributed by atoms with E-state index in [1.807, 2.05) is 0 Å². The molecule has 8 nitrogen and oxygen atoms in total. The van der Waals surface area contributed by atoms with Gasteiger partial charge in [0.1, 0.15) is 16.9 Å². The van der Waals surface area contributed by atoms with Gasteiger partial charge in [-0.05, 0) is 57.9 Å². The summed E-state index contributed by atoms with van der Waals surface area (Å²) in [7, 11) is 0. The Morgan fingerprint density at radius 2 is 2.03 bits per heavy atom. The fourth-order valence-corrected chi connectivity index (χ4v) is 3.45. The van der Waals surface area contributed by atoms with Crippen LogP contribution >= 0.6 is 0 Å². The lowest BCUT2D eigenvalue weighted by Gasteiger charge is -2.22. The number of aromatic nitrogens is 1. The number of pyridine rings is 1. The summed E-state index contributed by atoms with van der Waals surface area (Å²) in [4.78, 5) is 39.5. The van der Waals surface area contributed by atoms with Crippen molar-refractivity contribution in [1.29, 1.82) is 0 Å². The number of hydrogen-bond donors (Lipinski definition) is 3. The van der Waals surface area contributed by atoms with Crippen LogP contribution in [0.2, 0.25) is 0 Å². The molecule has 0 saturated heterocycles. The molecule has 3 atom stereocenters. The fraction of sp³-hybridized carbons (Fsp3) is 0.476. The first-order chi connectivity index (χ1) is 13.6. The van der Waals surface area contributed by atoms with Crippen molar-refractivity contribution in [2.24, 2.45) is 11.8 Å². The molecule has 29 heavy (non-hydrogen) atoms. The van der Waals surface area contributed by atoms with Gasteiger partial charge in [-0.2, -0.15) is 0 Å². The van der Waals surface area contributed by atoms with E-state index >= 15 is 0 Å². The average molecular weight is 402 g/mol. The number of nitrogens with one attached hydrogen (secondary N) is 2. The summed E-state index contributed by atoms with van der Waals surface area (Å²) < 4.78 is 10.6. The lowest BCUT2D eigenvalue weighted by molar-refractivity contribution is -0.160. The first-order valence-electron chi connectivity index (χ1n) is 9.60. The number of rotatable bonds is 5. The molecule has 0 radical (unpaired) electrons. The van der Waals surface area contributed by atoms with Crippen molar-refractivity contribution in [2.45, 2.75) is 45.3 Å². The topological polar surface area (TPSA) is 122 Å². The summed E-state index contributed by atoms with van der Waals surface area (Å²) in [5.74, 6) is -1.06. The Hall–Kier alpha value is -2.87. The molecular weight excluding hydrogens is 376 g/mol. The predicted molar refractivity (Wildman–Crippen MR) is 105 cm³/mol. The molecule has 1 saturated carbocycles. The molecule has 3 rings (SSSR count). The van der Waals surface area contributed by atoms with Gasteiger partial charge < -0.3 is 24.6 Å². The Labute approximate surface area is 168 Å². The van der Waals surface area contributed by atoms with Crippen LogP contribution in [0, 0.1) is 11.8 Å². The van der Waals surface area contributed by atoms with Crippen LogP contribution < -0.4 is 10.9 Å². The largest absolute Gasteiger partial charge is 0.463 e. The van der Waals surface area contributed by atoms with Crippen molar-refractivity contribution in [3.05, 3.63) is 46.4 Å². The van der Waals surface area contributed by atoms with E-state index < -0.39 is 29.1 Å². The predicted octanol–water partition coefficient (Wildman–Crippen LogP) is 2.09. The number of H-pyrrole nitrogens is 1. The van der Waals surface area contributed by atoms with Crippen LogP contribution in [0.3, 0.4) is 0 Å². The van der Waals surface area contributed by atoms with Crippen LogP contribution in [0.1, 0.15) is 44.0 Å². The minimum absolute atomic E-state index is 0.0310. The highest BCUT2D eigenvalue weighted by Gasteiger charge is 2.39. The van der Waals surface area contributed by atoms with Crippen LogP contribution in [0.4, 0.5) is 0 Å². The van der Waals surface area contributed by atoms with Crippen LogP contribution in [-0.4, -0.2) is 40.2 Å². The molecule has 8 heteroatoms. The van der Waals surface area contributed by atoms with Crippen LogP contribution in [0.25, 0.3) is 11.5 Å². The third kappa shape index (κ3) is 5.14. The summed E-state index contributed by atoms with van der Waals surface area (Å²) in [5, 5.41) is 12.9. The highest BCUT2D eigenvalue weighted by molar-refractivity contribution is 5.94. The van der Waals surface area contributed by atoms with E-state index in [-0.39, 0.29) is 24.0 Å². The maximum Gasteiger partial charge on any atom is 0.309 e. The number of furan rings is 1. The standard InChI is InChI=1S/C21H26N2O6/c1-21(2,3)29-20(27)12-9-13(16(24)10-12)11-22-18(25)14-6-7-15(23-19(14)26)17-5-4-8-28-17/h4-8,12-13,16,24H,9-11H2,1-3H3,(H,22,25)(H,23,26). The number of aliphatic hydroxyl groups excluding tert-OH is 1. The molecule has 1 fully saturated rings. The van der Waals surface area contributed by atoms with Gasteiger partial charge in [-0.15, -0.1) is 0 Å². The van der Waals surface area contributed by atoms with E-state index in [0.29, 0.717) is 24.3 Å². The number of carbonyl (C=O) groups is 2. The smallest absolute Gasteiger partial charge is 0.309 e. The van der Waals surface area contributed by atoms with E-state index in [2.05, 4.69) is 10.3 Å². The van der Waals surface area contributed by atoms with Crippen molar-refractivity contribution in [3.63, 3.8) is 0 Å². The molecule has 3 unspecified atom stereocenters. The highest BCUT2D eigenvalue weighted by Crippen LogP contribution is 2.32. The summed E-state index contributed by atoms with van der Waals surface area (Å²) in [6.07, 6.45) is 1.50. The molecule has 2 heterocycles. The Morgan fingerprint density at radius 1 is 1.28 bits per heavy atom. The third-order valence-electron chi connectivity index (χ3n) is 4.86. The molecular formula is C21H26N2O6. The second-order valence-corrected chi connectivity index (χ2v) is 8.33. The molecule has 0 aliphatic heterocycles. The Kier molecular flexibility index (Phi) is 5.93. The normalized spacial score (nSPS) is 21.7. The Bertz CT molecular complexity index is 925. The average Bonchev–Trinajstić information content (AvgIpc) is 3.28. The second-order valence-electron chi connectivity index (χ2n) is 8.33. The van der Waals surface area contributed by atoms with E-state index in [0.717, 1.165) is 0 Å². The molecule has 3 N–H and O–H groups in total. The van der Waals surface area contributed by atoms with Crippen molar-refractivity contribution in [3.8, 4) is 11.5 Å². The fourth-order valence-electron chi connectivity index (χ4n) is 3.45. The van der Waals surface area contributed by atoms with Crippen LogP contribution in [0.5, 0.6) is 0 Å². The van der Waals surface area contributed by atoms with E-state index in [9.17, 15) is 19.5 Å². The highest BCUT2D eigenvalue weighted by atomic mass is 16.6. The van der Waals surface area contributed by atoms with Gasteiger partial charge in [-0.25, -0.2) is 0 Å². The number of esters is 1. The monoisotopic (exact) mass is 402 g/mol. The summed E-state index contributed by atoms with van der Waals surface area (Å²) in [6.45, 7) is 5.55. The van der Waals surface area contributed by atoms with E-state index in [1.165, 1.54) is 12.3 Å². The molecule has 2 aromatic rings. The van der Waals surface area contributed by atoms with Crippen molar-refractivity contribution in [1.82, 2.24) is 10.3 Å². The molecule has 0 bridgehead atoms. The van der Waals surface area contributed by atoms with Gasteiger partial charge in [0.2, 0.25) is 0 Å². The van der Waals surface area contributed by atoms with Gasteiger partial charge in [0.05, 0.1) is 24.0 Å². The van der Waals surface area contributed by atoms with Crippen LogP contribution in [-0.2, 0) is 9.53 Å². The van der Waals surface area contributed by atoms with Gasteiger partial charge in [0.15, 0.2) is 0 Å². The van der Waals surface area contributed by atoms with Crippen molar-refractivity contribution < 1.29 is 23.8 Å². The number of carbonyl (C=O) groups excluding carboxylic acids is 2. The quantitative estimate of drug-likeness (QED) is 0.659. The summed E-state index contributed by atoms with van der Waals surface area (Å²) in [6, 6.07) is 6.43. The molecule has 1 aliphatic rings. The molecule has 0 aromatic carbocycles. The van der Waals surface area contributed by atoms with Gasteiger partial charge >= 0.3 is 5.97 Å². The molecule has 0 spiro atoms. The first-order valence-corrected chi connectivity index (χ1v) is 9.60. The van der Waals surface area contributed by atoms with Gasteiger partial charge in [-0.3, -0.25) is 14.4 Å². The lowest BCUT2D eigenvalue weighted by Crippen LogP contribution is -2.35. The summed E-state index contributed by atoms with van der Waals surface area (Å²) in [5.41, 5.74) is -0.675. The lowest BCUT2D eigenvalue weighted by atomic mass is 10.0. The molecule has 2 aromatic heterocycles. The Morgan fingerprint density at radius 3 is 2.66 bits per heavy atom. The number of ether oxygens (including phenoxy) is 1. The van der Waals surface area contributed by atoms with Crippen molar-refractivity contribution >= 4 is 11.9 Å². The van der Waals surface area contributed by atoms with Gasteiger partial charge in [0, 0.05) is 12.5 Å². The number of aromatic amines is 1. The zero-order valence-electron chi connectivity index (χ0n) is 16.7. The zero-order chi connectivity index (χ0) is 21.2. The zero-order valence-corrected chi connectivity index (χ0v) is 16.7. The van der Waals surface area contributed by atoms with Crippen molar-refractivity contribution in [2.75, 3.05) is 6.54 Å².